The summed E-state index contributed by atoms with van der Waals surface area (Å²) in [5, 5.41) is 2.84. The quantitative estimate of drug-likeness (QED) is 0.637. The Morgan fingerprint density at radius 1 is 0.903 bits per heavy atom. The summed E-state index contributed by atoms with van der Waals surface area (Å²) >= 11 is 0. The number of hydrogen-bond donors (Lipinski definition) is 1. The lowest BCUT2D eigenvalue weighted by atomic mass is 9.97. The average Bonchev–Trinajstić information content (AvgIpc) is 2.97. The van der Waals surface area contributed by atoms with E-state index in [2.05, 4.69) is 5.32 Å². The number of imide groups is 1. The summed E-state index contributed by atoms with van der Waals surface area (Å²) in [6, 6.07) is 15.4. The average molecular weight is 420 g/mol. The highest BCUT2D eigenvalue weighted by atomic mass is 19.1. The van der Waals surface area contributed by atoms with Crippen molar-refractivity contribution >= 4 is 17.7 Å². The van der Waals surface area contributed by atoms with E-state index in [1.807, 2.05) is 0 Å². The van der Waals surface area contributed by atoms with Crippen LogP contribution in [0, 0.1) is 11.6 Å². The maximum Gasteiger partial charge on any atom is 0.261 e. The second-order valence-corrected chi connectivity index (χ2v) is 7.34. The summed E-state index contributed by atoms with van der Waals surface area (Å²) in [6.45, 7) is 0. The van der Waals surface area contributed by atoms with Crippen molar-refractivity contribution in [2.45, 2.75) is 12.5 Å². The van der Waals surface area contributed by atoms with E-state index in [0.29, 0.717) is 11.1 Å². The number of fused-ring (bicyclic) bond motifs is 1. The number of rotatable bonds is 5. The molecule has 0 saturated heterocycles. The largest absolute Gasteiger partial charge is 0.345 e. The molecule has 1 unspecified atom stereocenters. The van der Waals surface area contributed by atoms with Gasteiger partial charge in [-0.1, -0.05) is 24.3 Å². The van der Waals surface area contributed by atoms with Crippen LogP contribution in [0.1, 0.15) is 48.2 Å². The van der Waals surface area contributed by atoms with Gasteiger partial charge in [-0.3, -0.25) is 19.3 Å². The van der Waals surface area contributed by atoms with Gasteiger partial charge in [-0.15, -0.1) is 0 Å². The minimum atomic E-state index is -0.640. The fourth-order valence-electron chi connectivity index (χ4n) is 3.62. The van der Waals surface area contributed by atoms with E-state index >= 15 is 0 Å². The molecule has 5 nitrogen and oxygen atoms in total. The molecule has 1 aliphatic rings. The molecule has 1 atom stereocenters. The van der Waals surface area contributed by atoms with Crippen molar-refractivity contribution < 1.29 is 23.2 Å². The van der Waals surface area contributed by atoms with E-state index in [4.69, 9.17) is 0 Å². The summed E-state index contributed by atoms with van der Waals surface area (Å²) < 4.78 is 27.4. The molecule has 0 saturated carbocycles. The summed E-state index contributed by atoms with van der Waals surface area (Å²) in [5.41, 5.74) is 1.74. The molecule has 0 bridgehead atoms. The SMILES string of the molecule is CN1C(=O)c2ccc(C(=O)NC(Cc3cccc(F)c3)c3cccc(F)c3)cc2C1=O. The van der Waals surface area contributed by atoms with Crippen molar-refractivity contribution in [2.75, 3.05) is 7.05 Å². The van der Waals surface area contributed by atoms with E-state index in [-0.39, 0.29) is 23.1 Å². The van der Waals surface area contributed by atoms with Crippen molar-refractivity contribution in [3.05, 3.63) is 106 Å². The number of hydrogen-bond acceptors (Lipinski definition) is 3. The van der Waals surface area contributed by atoms with Gasteiger partial charge in [0.25, 0.3) is 17.7 Å². The number of carbonyl (C=O) groups is 3. The minimum absolute atomic E-state index is 0.160. The molecule has 31 heavy (non-hydrogen) atoms. The summed E-state index contributed by atoms with van der Waals surface area (Å²) in [5.74, 6) is -2.26. The van der Waals surface area contributed by atoms with Crippen LogP contribution in [0.2, 0.25) is 0 Å². The molecular weight excluding hydrogens is 402 g/mol. The molecule has 0 aliphatic carbocycles. The smallest absolute Gasteiger partial charge is 0.261 e. The van der Waals surface area contributed by atoms with Crippen molar-refractivity contribution in [3.8, 4) is 0 Å². The van der Waals surface area contributed by atoms with Gasteiger partial charge in [-0.2, -0.15) is 0 Å². The predicted octanol–water partition coefficient (Wildman–Crippen LogP) is 3.90. The van der Waals surface area contributed by atoms with E-state index in [0.717, 1.165) is 4.90 Å². The molecule has 0 radical (unpaired) electrons. The van der Waals surface area contributed by atoms with Crippen molar-refractivity contribution in [1.29, 1.82) is 0 Å². The summed E-state index contributed by atoms with van der Waals surface area (Å²) in [4.78, 5) is 38.2. The topological polar surface area (TPSA) is 66.5 Å². The standard InChI is InChI=1S/C24H18F2N2O3/c1-28-23(30)19-9-8-16(13-20(19)24(28)31)22(29)27-21(15-5-3-7-18(26)12-15)11-14-4-2-6-17(25)10-14/h2-10,12-13,21H,11H2,1H3,(H,27,29). The van der Waals surface area contributed by atoms with Gasteiger partial charge in [-0.25, -0.2) is 8.78 Å². The highest BCUT2D eigenvalue weighted by molar-refractivity contribution is 6.21. The molecular formula is C24H18F2N2O3. The Bertz CT molecular complexity index is 1210. The van der Waals surface area contributed by atoms with Gasteiger partial charge in [0.05, 0.1) is 17.2 Å². The fraction of sp³-hybridized carbons (Fsp3) is 0.125. The Hall–Kier alpha value is -3.87. The number of benzene rings is 3. The third-order valence-corrected chi connectivity index (χ3v) is 5.24. The molecule has 1 aliphatic heterocycles. The fourth-order valence-corrected chi connectivity index (χ4v) is 3.62. The normalized spacial score (nSPS) is 13.8. The second kappa shape index (κ2) is 8.10. The van der Waals surface area contributed by atoms with Crippen LogP contribution >= 0.6 is 0 Å². The van der Waals surface area contributed by atoms with Crippen LogP contribution in [0.5, 0.6) is 0 Å². The molecule has 3 aromatic rings. The van der Waals surface area contributed by atoms with E-state index in [9.17, 15) is 23.2 Å². The Balaban J connectivity index is 1.63. The lowest BCUT2D eigenvalue weighted by Crippen LogP contribution is -2.30. The first-order valence-corrected chi connectivity index (χ1v) is 9.60. The van der Waals surface area contributed by atoms with Gasteiger partial charge in [0.1, 0.15) is 11.6 Å². The van der Waals surface area contributed by atoms with Crippen LogP contribution in [0.3, 0.4) is 0 Å². The highest BCUT2D eigenvalue weighted by Gasteiger charge is 2.33. The first-order valence-electron chi connectivity index (χ1n) is 9.60. The lowest BCUT2D eigenvalue weighted by molar-refractivity contribution is 0.0693. The molecule has 1 N–H and O–H groups in total. The van der Waals surface area contributed by atoms with Crippen LogP contribution in [0.25, 0.3) is 0 Å². The minimum Gasteiger partial charge on any atom is -0.345 e. The molecule has 3 amide bonds. The monoisotopic (exact) mass is 420 g/mol. The first kappa shape index (κ1) is 20.4. The van der Waals surface area contributed by atoms with Gasteiger partial charge < -0.3 is 5.32 Å². The van der Waals surface area contributed by atoms with Crippen molar-refractivity contribution in [2.24, 2.45) is 0 Å². The maximum atomic E-state index is 13.8. The molecule has 3 aromatic carbocycles. The van der Waals surface area contributed by atoms with Gasteiger partial charge >= 0.3 is 0 Å². The van der Waals surface area contributed by atoms with Gasteiger partial charge in [0, 0.05) is 12.6 Å². The Kier molecular flexibility index (Phi) is 5.33. The van der Waals surface area contributed by atoms with E-state index < -0.39 is 35.4 Å². The van der Waals surface area contributed by atoms with Gasteiger partial charge in [0.2, 0.25) is 0 Å². The molecule has 4 rings (SSSR count). The summed E-state index contributed by atoms with van der Waals surface area (Å²) in [6.07, 6.45) is 0.234. The molecule has 7 heteroatoms. The number of halogens is 2. The van der Waals surface area contributed by atoms with Crippen molar-refractivity contribution in [3.63, 3.8) is 0 Å². The number of carbonyl (C=O) groups excluding carboxylic acids is 3. The third kappa shape index (κ3) is 4.07. The van der Waals surface area contributed by atoms with Gasteiger partial charge in [0.15, 0.2) is 0 Å². The van der Waals surface area contributed by atoms with E-state index in [1.165, 1.54) is 55.6 Å². The van der Waals surface area contributed by atoms with Crippen LogP contribution in [-0.2, 0) is 6.42 Å². The molecule has 0 fully saturated rings. The Labute approximate surface area is 177 Å². The number of amides is 3. The molecule has 0 aromatic heterocycles. The van der Waals surface area contributed by atoms with Crippen LogP contribution < -0.4 is 5.32 Å². The van der Waals surface area contributed by atoms with Crippen molar-refractivity contribution in [1.82, 2.24) is 10.2 Å². The second-order valence-electron chi connectivity index (χ2n) is 7.34. The maximum absolute atomic E-state index is 13.8. The zero-order valence-corrected chi connectivity index (χ0v) is 16.6. The zero-order chi connectivity index (χ0) is 22.1. The van der Waals surface area contributed by atoms with Crippen LogP contribution in [0.15, 0.2) is 66.7 Å². The van der Waals surface area contributed by atoms with Crippen LogP contribution in [-0.4, -0.2) is 29.7 Å². The molecule has 0 spiro atoms. The highest BCUT2D eigenvalue weighted by Crippen LogP contribution is 2.24. The summed E-state index contributed by atoms with van der Waals surface area (Å²) in [7, 11) is 1.38. The Morgan fingerprint density at radius 3 is 2.29 bits per heavy atom. The Morgan fingerprint density at radius 2 is 1.58 bits per heavy atom. The molecule has 1 heterocycles. The van der Waals surface area contributed by atoms with E-state index in [1.54, 1.807) is 18.2 Å². The first-order chi connectivity index (χ1) is 14.8. The zero-order valence-electron chi connectivity index (χ0n) is 16.6. The number of nitrogens with one attached hydrogen (secondary N) is 1. The third-order valence-electron chi connectivity index (χ3n) is 5.24. The lowest BCUT2D eigenvalue weighted by Gasteiger charge is -2.20. The number of nitrogens with zero attached hydrogens (tertiary/aromatic N) is 1. The predicted molar refractivity (Wildman–Crippen MR) is 110 cm³/mol. The van der Waals surface area contributed by atoms with Crippen LogP contribution in [0.4, 0.5) is 8.78 Å². The molecule has 156 valence electrons. The van der Waals surface area contributed by atoms with Gasteiger partial charge in [-0.05, 0) is 60.0 Å².